The Kier molecular flexibility index (Phi) is 4.31. The molecular formula is C10H20N2O4. The molecule has 0 fully saturated rings. The van der Waals surface area contributed by atoms with Gasteiger partial charge < -0.3 is 20.4 Å². The molecule has 0 radical (unpaired) electrons. The standard InChI is InChI=1S/C10H20N2O4/c1-9(2,16)6-12(5)8(15)11-10(3,4)7(13)14/h16H,6H2,1-5H3,(H,11,15)(H,13,14). The molecule has 0 aromatic heterocycles. The lowest BCUT2D eigenvalue weighted by Gasteiger charge is -2.29. The number of nitrogens with one attached hydrogen (secondary N) is 1. The Morgan fingerprint density at radius 3 is 2.00 bits per heavy atom. The van der Waals surface area contributed by atoms with Crippen LogP contribution in [0.15, 0.2) is 0 Å². The van der Waals surface area contributed by atoms with Crippen LogP contribution < -0.4 is 5.32 Å². The van der Waals surface area contributed by atoms with Crippen LogP contribution in [0.2, 0.25) is 0 Å². The topological polar surface area (TPSA) is 89.9 Å². The lowest BCUT2D eigenvalue weighted by atomic mass is 10.1. The van der Waals surface area contributed by atoms with Gasteiger partial charge in [-0.3, -0.25) is 0 Å². The number of carboxylic acid groups (broad SMARTS) is 1. The van der Waals surface area contributed by atoms with E-state index >= 15 is 0 Å². The first-order valence-corrected chi connectivity index (χ1v) is 4.95. The van der Waals surface area contributed by atoms with Crippen molar-refractivity contribution in [2.45, 2.75) is 38.8 Å². The second kappa shape index (κ2) is 4.69. The van der Waals surface area contributed by atoms with Gasteiger partial charge >= 0.3 is 12.0 Å². The Bertz CT molecular complexity index is 281. The molecule has 16 heavy (non-hydrogen) atoms. The minimum atomic E-state index is -1.33. The number of urea groups is 1. The van der Waals surface area contributed by atoms with Gasteiger partial charge in [-0.15, -0.1) is 0 Å². The summed E-state index contributed by atoms with van der Waals surface area (Å²) in [6.45, 7) is 6.04. The number of aliphatic hydroxyl groups is 1. The molecule has 0 aliphatic rings. The average molecular weight is 232 g/mol. The number of aliphatic carboxylic acids is 1. The van der Waals surface area contributed by atoms with Crippen molar-refractivity contribution in [1.29, 1.82) is 0 Å². The van der Waals surface area contributed by atoms with Crippen LogP contribution in [0.3, 0.4) is 0 Å². The third-order valence-corrected chi connectivity index (χ3v) is 1.92. The van der Waals surface area contributed by atoms with E-state index in [1.165, 1.54) is 25.8 Å². The fourth-order valence-corrected chi connectivity index (χ4v) is 1.07. The predicted molar refractivity (Wildman–Crippen MR) is 59.2 cm³/mol. The van der Waals surface area contributed by atoms with Gasteiger partial charge in [-0.25, -0.2) is 9.59 Å². The van der Waals surface area contributed by atoms with Crippen molar-refractivity contribution in [2.24, 2.45) is 0 Å². The SMILES string of the molecule is CN(CC(C)(C)O)C(=O)NC(C)(C)C(=O)O. The summed E-state index contributed by atoms with van der Waals surface area (Å²) in [5, 5.41) is 20.7. The zero-order valence-electron chi connectivity index (χ0n) is 10.4. The number of hydrogen-bond acceptors (Lipinski definition) is 3. The smallest absolute Gasteiger partial charge is 0.328 e. The van der Waals surface area contributed by atoms with Gasteiger partial charge in [0.25, 0.3) is 0 Å². The van der Waals surface area contributed by atoms with Gasteiger partial charge in [0.15, 0.2) is 0 Å². The quantitative estimate of drug-likeness (QED) is 0.648. The summed E-state index contributed by atoms with van der Waals surface area (Å²) in [5.74, 6) is -1.11. The van der Waals surface area contributed by atoms with E-state index in [1.54, 1.807) is 13.8 Å². The van der Waals surface area contributed by atoms with Crippen molar-refractivity contribution >= 4 is 12.0 Å². The molecule has 6 heteroatoms. The highest BCUT2D eigenvalue weighted by Crippen LogP contribution is 2.06. The van der Waals surface area contributed by atoms with Gasteiger partial charge in [0.1, 0.15) is 5.54 Å². The number of amides is 2. The van der Waals surface area contributed by atoms with Gasteiger partial charge in [0, 0.05) is 7.05 Å². The van der Waals surface area contributed by atoms with Gasteiger partial charge in [-0.2, -0.15) is 0 Å². The second-order valence-corrected chi connectivity index (χ2v) is 5.03. The molecule has 0 unspecified atom stereocenters. The maximum absolute atomic E-state index is 11.6. The lowest BCUT2D eigenvalue weighted by Crippen LogP contribution is -2.55. The Morgan fingerprint density at radius 1 is 1.25 bits per heavy atom. The number of rotatable bonds is 4. The molecule has 0 atom stereocenters. The molecule has 0 saturated carbocycles. The van der Waals surface area contributed by atoms with Crippen LogP contribution in [-0.4, -0.2) is 51.8 Å². The number of likely N-dealkylation sites (N-methyl/N-ethyl adjacent to an activating group) is 1. The normalized spacial score (nSPS) is 12.1. The summed E-state index contributed by atoms with van der Waals surface area (Å²) in [6.07, 6.45) is 0. The van der Waals surface area contributed by atoms with Crippen LogP contribution in [0.4, 0.5) is 4.79 Å². The number of carboxylic acids is 1. The molecule has 0 aliphatic heterocycles. The minimum Gasteiger partial charge on any atom is -0.480 e. The highest BCUT2D eigenvalue weighted by molar-refractivity contribution is 5.85. The third kappa shape index (κ3) is 4.97. The van der Waals surface area contributed by atoms with E-state index in [0.29, 0.717) is 0 Å². The van der Waals surface area contributed by atoms with Gasteiger partial charge in [0.2, 0.25) is 0 Å². The van der Waals surface area contributed by atoms with Gasteiger partial charge in [-0.1, -0.05) is 0 Å². The van der Waals surface area contributed by atoms with Crippen molar-refractivity contribution < 1.29 is 19.8 Å². The van der Waals surface area contributed by atoms with Crippen LogP contribution in [0, 0.1) is 0 Å². The van der Waals surface area contributed by atoms with E-state index in [9.17, 15) is 14.7 Å². The lowest BCUT2D eigenvalue weighted by molar-refractivity contribution is -0.143. The molecule has 6 nitrogen and oxygen atoms in total. The molecular weight excluding hydrogens is 212 g/mol. The monoisotopic (exact) mass is 232 g/mol. The molecule has 0 saturated heterocycles. The summed E-state index contributed by atoms with van der Waals surface area (Å²) >= 11 is 0. The van der Waals surface area contributed by atoms with E-state index in [2.05, 4.69) is 5.32 Å². The zero-order valence-corrected chi connectivity index (χ0v) is 10.4. The summed E-state index contributed by atoms with van der Waals surface area (Å²) in [6, 6.07) is -0.533. The predicted octanol–water partition coefficient (Wildman–Crippen LogP) is 0.262. The fraction of sp³-hybridized carbons (Fsp3) is 0.800. The first kappa shape index (κ1) is 14.7. The molecule has 0 aliphatic carbocycles. The Labute approximate surface area is 95.2 Å². The van der Waals surface area contributed by atoms with Gasteiger partial charge in [-0.05, 0) is 27.7 Å². The fourth-order valence-electron chi connectivity index (χ4n) is 1.07. The Morgan fingerprint density at radius 2 is 1.69 bits per heavy atom. The highest BCUT2D eigenvalue weighted by atomic mass is 16.4. The number of nitrogens with zero attached hydrogens (tertiary/aromatic N) is 1. The first-order valence-electron chi connectivity index (χ1n) is 4.95. The average Bonchev–Trinajstić information content (AvgIpc) is 1.99. The van der Waals surface area contributed by atoms with Crippen LogP contribution in [0.25, 0.3) is 0 Å². The Hall–Kier alpha value is -1.30. The van der Waals surface area contributed by atoms with E-state index in [-0.39, 0.29) is 6.54 Å². The van der Waals surface area contributed by atoms with Gasteiger partial charge in [0.05, 0.1) is 12.1 Å². The van der Waals surface area contributed by atoms with Crippen molar-refractivity contribution in [3.8, 4) is 0 Å². The highest BCUT2D eigenvalue weighted by Gasteiger charge is 2.31. The third-order valence-electron chi connectivity index (χ3n) is 1.92. The van der Waals surface area contributed by atoms with Crippen LogP contribution in [0.5, 0.6) is 0 Å². The maximum Gasteiger partial charge on any atom is 0.328 e. The molecule has 0 aromatic rings. The van der Waals surface area contributed by atoms with Crippen molar-refractivity contribution in [1.82, 2.24) is 10.2 Å². The van der Waals surface area contributed by atoms with Crippen molar-refractivity contribution in [3.63, 3.8) is 0 Å². The van der Waals surface area contributed by atoms with Crippen LogP contribution in [-0.2, 0) is 4.79 Å². The molecule has 0 spiro atoms. The largest absolute Gasteiger partial charge is 0.480 e. The van der Waals surface area contributed by atoms with E-state index in [1.807, 2.05) is 0 Å². The number of carbonyl (C=O) groups excluding carboxylic acids is 1. The Balaban J connectivity index is 4.43. The molecule has 0 aromatic carbocycles. The maximum atomic E-state index is 11.6. The number of hydrogen-bond donors (Lipinski definition) is 3. The molecule has 0 rings (SSSR count). The molecule has 2 amide bonds. The first-order chi connectivity index (χ1) is 6.96. The summed E-state index contributed by atoms with van der Waals surface area (Å²) in [4.78, 5) is 23.6. The van der Waals surface area contributed by atoms with E-state index in [0.717, 1.165) is 0 Å². The molecule has 3 N–H and O–H groups in total. The second-order valence-electron chi connectivity index (χ2n) is 5.03. The summed E-state index contributed by atoms with van der Waals surface area (Å²) in [7, 11) is 1.49. The molecule has 0 bridgehead atoms. The summed E-state index contributed by atoms with van der Waals surface area (Å²) < 4.78 is 0. The van der Waals surface area contributed by atoms with Crippen molar-refractivity contribution in [3.05, 3.63) is 0 Å². The molecule has 0 heterocycles. The van der Waals surface area contributed by atoms with E-state index < -0.39 is 23.1 Å². The van der Waals surface area contributed by atoms with Crippen LogP contribution in [0.1, 0.15) is 27.7 Å². The minimum absolute atomic E-state index is 0.120. The summed E-state index contributed by atoms with van der Waals surface area (Å²) in [5.41, 5.74) is -2.34. The number of carbonyl (C=O) groups is 2. The zero-order chi connectivity index (χ0) is 13.1. The van der Waals surface area contributed by atoms with E-state index in [4.69, 9.17) is 5.11 Å². The van der Waals surface area contributed by atoms with Crippen molar-refractivity contribution in [2.75, 3.05) is 13.6 Å². The molecule has 94 valence electrons. The van der Waals surface area contributed by atoms with Crippen LogP contribution >= 0.6 is 0 Å².